The fourth-order valence-corrected chi connectivity index (χ4v) is 4.44. The van der Waals surface area contributed by atoms with E-state index in [2.05, 4.69) is 16.0 Å². The van der Waals surface area contributed by atoms with Crippen LogP contribution in [0.15, 0.2) is 48.7 Å². The number of piperazine rings is 1. The van der Waals surface area contributed by atoms with E-state index in [9.17, 15) is 14.9 Å². The van der Waals surface area contributed by atoms with Crippen molar-refractivity contribution >= 4 is 17.6 Å². The van der Waals surface area contributed by atoms with E-state index in [1.165, 1.54) is 0 Å². The molecule has 0 N–H and O–H groups in total. The van der Waals surface area contributed by atoms with Crippen LogP contribution < -0.4 is 9.64 Å². The van der Waals surface area contributed by atoms with Gasteiger partial charge in [0.2, 0.25) is 11.8 Å². The Hall–Kier alpha value is -3.60. The van der Waals surface area contributed by atoms with Crippen LogP contribution in [0.2, 0.25) is 0 Å². The molecule has 2 amide bonds. The number of nitrogens with zero attached hydrogens (tertiary/aromatic N) is 5. The summed E-state index contributed by atoms with van der Waals surface area (Å²) in [6.07, 6.45) is 3.43. The summed E-state index contributed by atoms with van der Waals surface area (Å²) >= 11 is 0. The fourth-order valence-electron chi connectivity index (χ4n) is 4.44. The number of carbonyl (C=O) groups is 2. The molecule has 33 heavy (non-hydrogen) atoms. The highest BCUT2D eigenvalue weighted by Gasteiger charge is 2.32. The van der Waals surface area contributed by atoms with Crippen molar-refractivity contribution in [2.45, 2.75) is 19.3 Å². The van der Waals surface area contributed by atoms with Gasteiger partial charge >= 0.3 is 0 Å². The van der Waals surface area contributed by atoms with Crippen LogP contribution in [0, 0.1) is 17.2 Å². The molecule has 0 radical (unpaired) electrons. The van der Waals surface area contributed by atoms with Crippen molar-refractivity contribution in [2.24, 2.45) is 5.92 Å². The largest absolute Gasteiger partial charge is 0.493 e. The minimum Gasteiger partial charge on any atom is -0.493 e. The van der Waals surface area contributed by atoms with Crippen molar-refractivity contribution in [3.05, 3.63) is 54.2 Å². The van der Waals surface area contributed by atoms with E-state index in [-0.39, 0.29) is 17.7 Å². The van der Waals surface area contributed by atoms with Gasteiger partial charge in [-0.1, -0.05) is 18.2 Å². The molecule has 0 spiro atoms. The molecular weight excluding hydrogens is 418 g/mol. The number of nitriles is 1. The van der Waals surface area contributed by atoms with Gasteiger partial charge in [-0.05, 0) is 37.1 Å². The van der Waals surface area contributed by atoms with Gasteiger partial charge < -0.3 is 19.4 Å². The number of anilines is 1. The van der Waals surface area contributed by atoms with Crippen molar-refractivity contribution in [3.8, 4) is 11.8 Å². The molecule has 2 fully saturated rings. The maximum absolute atomic E-state index is 13.0. The molecule has 0 unspecified atom stereocenters. The number of ether oxygens (including phenoxy) is 1. The number of rotatable bonds is 6. The fraction of sp³-hybridized carbons (Fsp3) is 0.440. The van der Waals surface area contributed by atoms with Crippen molar-refractivity contribution in [1.29, 1.82) is 5.26 Å². The molecule has 2 aliphatic heterocycles. The quantitative estimate of drug-likeness (QED) is 0.675. The predicted molar refractivity (Wildman–Crippen MR) is 124 cm³/mol. The highest BCUT2D eigenvalue weighted by Crippen LogP contribution is 2.23. The van der Waals surface area contributed by atoms with E-state index in [4.69, 9.17) is 4.74 Å². The third kappa shape index (κ3) is 5.61. The lowest BCUT2D eigenvalue weighted by Gasteiger charge is -2.39. The van der Waals surface area contributed by atoms with Crippen molar-refractivity contribution in [3.63, 3.8) is 0 Å². The van der Waals surface area contributed by atoms with Gasteiger partial charge in [-0.2, -0.15) is 5.26 Å². The Morgan fingerprint density at radius 1 is 0.970 bits per heavy atom. The Balaban J connectivity index is 1.20. The Morgan fingerprint density at radius 3 is 2.39 bits per heavy atom. The Morgan fingerprint density at radius 2 is 1.70 bits per heavy atom. The lowest BCUT2D eigenvalue weighted by Crippen LogP contribution is -2.52. The number of likely N-dealkylation sites (tertiary alicyclic amines) is 1. The van der Waals surface area contributed by atoms with Gasteiger partial charge in [0.25, 0.3) is 0 Å². The number of para-hydroxylation sites is 1. The number of carbonyl (C=O) groups excluding carboxylic acids is 2. The first kappa shape index (κ1) is 22.6. The zero-order valence-corrected chi connectivity index (χ0v) is 18.7. The summed E-state index contributed by atoms with van der Waals surface area (Å²) in [4.78, 5) is 35.7. The van der Waals surface area contributed by atoms with Crippen LogP contribution >= 0.6 is 0 Å². The number of hydrogen-bond donors (Lipinski definition) is 0. The first-order valence-corrected chi connectivity index (χ1v) is 11.5. The van der Waals surface area contributed by atoms with Crippen LogP contribution in [0.4, 0.5) is 5.82 Å². The minimum absolute atomic E-state index is 0.0364. The number of amides is 2. The van der Waals surface area contributed by atoms with Crippen LogP contribution in [-0.4, -0.2) is 72.5 Å². The minimum atomic E-state index is -0.0364. The van der Waals surface area contributed by atoms with Gasteiger partial charge in [0.15, 0.2) is 0 Å². The molecule has 0 atom stereocenters. The highest BCUT2D eigenvalue weighted by molar-refractivity contribution is 5.80. The number of aromatic nitrogens is 1. The summed E-state index contributed by atoms with van der Waals surface area (Å²) in [6, 6.07) is 15.2. The predicted octanol–water partition coefficient (Wildman–Crippen LogP) is 2.31. The van der Waals surface area contributed by atoms with Crippen LogP contribution in [0.25, 0.3) is 0 Å². The number of benzene rings is 1. The van der Waals surface area contributed by atoms with E-state index in [1.54, 1.807) is 18.3 Å². The standard InChI is InChI=1S/C25H29N5O3/c26-19-21-5-4-11-27-24(21)29-14-16-30(17-15-29)25(32)20-8-12-28(13-9-20)23(31)10-18-33-22-6-2-1-3-7-22/h1-7,11,20H,8-10,12-18H2. The molecule has 1 aromatic heterocycles. The lowest BCUT2D eigenvalue weighted by molar-refractivity contribution is -0.141. The molecular formula is C25H29N5O3. The normalized spacial score (nSPS) is 16.9. The van der Waals surface area contributed by atoms with Crippen molar-refractivity contribution in [2.75, 3.05) is 50.8 Å². The van der Waals surface area contributed by atoms with Gasteiger partial charge in [0.05, 0.1) is 18.6 Å². The Bertz CT molecular complexity index is 991. The van der Waals surface area contributed by atoms with E-state index in [1.807, 2.05) is 40.1 Å². The third-order valence-corrected chi connectivity index (χ3v) is 6.32. The molecule has 2 aliphatic rings. The van der Waals surface area contributed by atoms with E-state index in [0.717, 1.165) is 5.75 Å². The summed E-state index contributed by atoms with van der Waals surface area (Å²) in [7, 11) is 0. The molecule has 8 nitrogen and oxygen atoms in total. The smallest absolute Gasteiger partial charge is 0.225 e. The molecule has 2 saturated heterocycles. The van der Waals surface area contributed by atoms with Gasteiger partial charge in [-0.3, -0.25) is 9.59 Å². The molecule has 1 aromatic carbocycles. The van der Waals surface area contributed by atoms with E-state index < -0.39 is 0 Å². The summed E-state index contributed by atoms with van der Waals surface area (Å²) in [5.74, 6) is 1.67. The monoisotopic (exact) mass is 447 g/mol. The SMILES string of the molecule is N#Cc1cccnc1N1CCN(C(=O)C2CCN(C(=O)CCOc3ccccc3)CC2)CC1. The zero-order valence-electron chi connectivity index (χ0n) is 18.7. The van der Waals surface area contributed by atoms with Gasteiger partial charge in [-0.15, -0.1) is 0 Å². The second-order valence-electron chi connectivity index (χ2n) is 8.37. The van der Waals surface area contributed by atoms with E-state index in [0.29, 0.717) is 76.5 Å². The first-order chi connectivity index (χ1) is 16.2. The number of piperidine rings is 1. The lowest BCUT2D eigenvalue weighted by atomic mass is 9.94. The Labute approximate surface area is 194 Å². The van der Waals surface area contributed by atoms with Crippen LogP contribution in [0.5, 0.6) is 5.75 Å². The van der Waals surface area contributed by atoms with Gasteiger partial charge in [-0.25, -0.2) is 4.98 Å². The molecule has 0 aliphatic carbocycles. The van der Waals surface area contributed by atoms with Crippen LogP contribution in [0.1, 0.15) is 24.8 Å². The first-order valence-electron chi connectivity index (χ1n) is 11.5. The summed E-state index contributed by atoms with van der Waals surface area (Å²) < 4.78 is 5.63. The van der Waals surface area contributed by atoms with Crippen LogP contribution in [-0.2, 0) is 9.59 Å². The van der Waals surface area contributed by atoms with Gasteiger partial charge in [0.1, 0.15) is 17.6 Å². The number of hydrogen-bond acceptors (Lipinski definition) is 6. The topological polar surface area (TPSA) is 89.8 Å². The maximum atomic E-state index is 13.0. The maximum Gasteiger partial charge on any atom is 0.225 e. The average molecular weight is 448 g/mol. The van der Waals surface area contributed by atoms with Crippen LogP contribution in [0.3, 0.4) is 0 Å². The summed E-state index contributed by atoms with van der Waals surface area (Å²) in [5.41, 5.74) is 0.559. The molecule has 0 saturated carbocycles. The van der Waals surface area contributed by atoms with Crippen molar-refractivity contribution in [1.82, 2.24) is 14.8 Å². The molecule has 8 heteroatoms. The van der Waals surface area contributed by atoms with Gasteiger partial charge in [0, 0.05) is 51.4 Å². The molecule has 2 aromatic rings. The third-order valence-electron chi connectivity index (χ3n) is 6.32. The molecule has 0 bridgehead atoms. The Kier molecular flexibility index (Phi) is 7.40. The van der Waals surface area contributed by atoms with E-state index >= 15 is 0 Å². The number of pyridine rings is 1. The second-order valence-corrected chi connectivity index (χ2v) is 8.37. The average Bonchev–Trinajstić information content (AvgIpc) is 2.89. The second kappa shape index (κ2) is 10.8. The molecule has 3 heterocycles. The molecule has 172 valence electrons. The summed E-state index contributed by atoms with van der Waals surface area (Å²) in [6.45, 7) is 4.15. The highest BCUT2D eigenvalue weighted by atomic mass is 16.5. The summed E-state index contributed by atoms with van der Waals surface area (Å²) in [5, 5.41) is 9.30. The zero-order chi connectivity index (χ0) is 23.0. The van der Waals surface area contributed by atoms with Crippen molar-refractivity contribution < 1.29 is 14.3 Å². The molecule has 4 rings (SSSR count).